The Bertz CT molecular complexity index is 855. The van der Waals surface area contributed by atoms with Crippen LogP contribution >= 0.6 is 0 Å². The Labute approximate surface area is 139 Å². The van der Waals surface area contributed by atoms with Gasteiger partial charge in [-0.1, -0.05) is 11.2 Å². The lowest BCUT2D eigenvalue weighted by Gasteiger charge is -2.36. The Morgan fingerprint density at radius 3 is 2.67 bits per heavy atom. The highest BCUT2D eigenvalue weighted by atomic mass is 16.5. The molecule has 0 atom stereocenters. The summed E-state index contributed by atoms with van der Waals surface area (Å²) >= 11 is 0. The van der Waals surface area contributed by atoms with Crippen molar-refractivity contribution in [2.45, 2.75) is 6.92 Å². The summed E-state index contributed by atoms with van der Waals surface area (Å²) in [4.78, 5) is 13.2. The van der Waals surface area contributed by atoms with E-state index in [1.165, 1.54) is 12.0 Å². The molecule has 0 radical (unpaired) electrons. The van der Waals surface area contributed by atoms with Crippen LogP contribution in [0.3, 0.4) is 0 Å². The normalized spacial score (nSPS) is 15.1. The number of aryl methyl sites for hydroxylation is 1. The van der Waals surface area contributed by atoms with Crippen LogP contribution in [0.2, 0.25) is 0 Å². The molecule has 1 fully saturated rings. The van der Waals surface area contributed by atoms with E-state index in [9.17, 15) is 0 Å². The van der Waals surface area contributed by atoms with E-state index in [1.54, 1.807) is 7.11 Å². The van der Waals surface area contributed by atoms with Crippen molar-refractivity contribution in [3.8, 4) is 5.75 Å². The molecule has 1 aliphatic heterocycles. The van der Waals surface area contributed by atoms with Gasteiger partial charge in [0, 0.05) is 37.9 Å². The van der Waals surface area contributed by atoms with Crippen LogP contribution in [-0.2, 0) is 0 Å². The molecule has 0 saturated carbocycles. The molecule has 7 nitrogen and oxygen atoms in total. The van der Waals surface area contributed by atoms with Crippen LogP contribution in [0.15, 0.2) is 35.1 Å². The maximum absolute atomic E-state index is 5.32. The largest absolute Gasteiger partial charge is 0.497 e. The van der Waals surface area contributed by atoms with Gasteiger partial charge in [0.15, 0.2) is 0 Å². The van der Waals surface area contributed by atoms with Crippen molar-refractivity contribution in [2.75, 3.05) is 43.1 Å². The summed E-state index contributed by atoms with van der Waals surface area (Å²) in [7, 11) is 1.69. The second kappa shape index (κ2) is 5.99. The van der Waals surface area contributed by atoms with Crippen molar-refractivity contribution in [1.29, 1.82) is 0 Å². The fraction of sp³-hybridized carbons (Fsp3) is 0.353. The monoisotopic (exact) mass is 325 g/mol. The standard InChI is InChI=1S/C17H19N5O2/c1-12-15-16(18-11-19-17(15)24-20-12)22-8-6-21(7-9-22)13-4-3-5-14(10-13)23-2/h3-5,10-11H,6-9H2,1-2H3. The molecule has 0 unspecified atom stereocenters. The zero-order chi connectivity index (χ0) is 16.5. The lowest BCUT2D eigenvalue weighted by molar-refractivity contribution is 0.414. The SMILES string of the molecule is COc1cccc(N2CCN(c3ncnc4onc(C)c34)CC2)c1. The predicted octanol–water partition coefficient (Wildman–Crippen LogP) is 2.26. The number of fused-ring (bicyclic) bond motifs is 1. The lowest BCUT2D eigenvalue weighted by atomic mass is 10.2. The van der Waals surface area contributed by atoms with E-state index in [-0.39, 0.29) is 0 Å². The average molecular weight is 325 g/mol. The number of nitrogens with zero attached hydrogens (tertiary/aromatic N) is 5. The molecule has 4 rings (SSSR count). The third-order valence-electron chi connectivity index (χ3n) is 4.42. The van der Waals surface area contributed by atoms with Gasteiger partial charge in [-0.05, 0) is 19.1 Å². The number of benzene rings is 1. The number of aromatic nitrogens is 3. The quantitative estimate of drug-likeness (QED) is 0.731. The van der Waals surface area contributed by atoms with E-state index in [0.717, 1.165) is 48.8 Å². The topological polar surface area (TPSA) is 67.5 Å². The highest BCUT2D eigenvalue weighted by Crippen LogP contribution is 2.28. The van der Waals surface area contributed by atoms with Crippen molar-refractivity contribution in [1.82, 2.24) is 15.1 Å². The van der Waals surface area contributed by atoms with Crippen molar-refractivity contribution < 1.29 is 9.26 Å². The Morgan fingerprint density at radius 1 is 1.08 bits per heavy atom. The van der Waals surface area contributed by atoms with Gasteiger partial charge in [0.1, 0.15) is 23.3 Å². The van der Waals surface area contributed by atoms with Gasteiger partial charge in [-0.15, -0.1) is 0 Å². The van der Waals surface area contributed by atoms with Crippen LogP contribution in [0, 0.1) is 6.92 Å². The van der Waals surface area contributed by atoms with Crippen LogP contribution < -0.4 is 14.5 Å². The van der Waals surface area contributed by atoms with Gasteiger partial charge in [0.05, 0.1) is 12.8 Å². The van der Waals surface area contributed by atoms with E-state index < -0.39 is 0 Å². The summed E-state index contributed by atoms with van der Waals surface area (Å²) in [5.41, 5.74) is 2.56. The first-order valence-corrected chi connectivity index (χ1v) is 7.97. The molecule has 0 amide bonds. The number of piperazine rings is 1. The molecule has 3 aromatic rings. The van der Waals surface area contributed by atoms with Crippen LogP contribution in [0.1, 0.15) is 5.69 Å². The molecule has 0 N–H and O–H groups in total. The molecule has 7 heteroatoms. The minimum absolute atomic E-state index is 0.549. The minimum atomic E-state index is 0.549. The molecule has 1 aromatic carbocycles. The summed E-state index contributed by atoms with van der Waals surface area (Å²) in [5, 5.41) is 4.91. The Balaban J connectivity index is 1.54. The Hall–Kier alpha value is -2.83. The summed E-state index contributed by atoms with van der Waals surface area (Å²) in [5.74, 6) is 1.79. The molecule has 1 saturated heterocycles. The van der Waals surface area contributed by atoms with Crippen LogP contribution in [0.4, 0.5) is 11.5 Å². The Kier molecular flexibility index (Phi) is 3.68. The first kappa shape index (κ1) is 14.7. The van der Waals surface area contributed by atoms with Gasteiger partial charge in [0.25, 0.3) is 5.71 Å². The number of hydrogen-bond donors (Lipinski definition) is 0. The average Bonchev–Trinajstić information content (AvgIpc) is 3.03. The molecule has 0 bridgehead atoms. The Morgan fingerprint density at radius 2 is 1.88 bits per heavy atom. The number of anilines is 2. The second-order valence-corrected chi connectivity index (χ2v) is 5.82. The fourth-order valence-electron chi connectivity index (χ4n) is 3.13. The van der Waals surface area contributed by atoms with E-state index in [1.807, 2.05) is 19.1 Å². The molecular weight excluding hydrogens is 306 g/mol. The number of methoxy groups -OCH3 is 1. The zero-order valence-corrected chi connectivity index (χ0v) is 13.8. The van der Waals surface area contributed by atoms with E-state index in [2.05, 4.69) is 37.1 Å². The van der Waals surface area contributed by atoms with Crippen molar-refractivity contribution in [3.05, 3.63) is 36.3 Å². The third kappa shape index (κ3) is 2.51. The number of ether oxygens (including phenoxy) is 1. The van der Waals surface area contributed by atoms with Crippen molar-refractivity contribution in [2.24, 2.45) is 0 Å². The number of hydrogen-bond acceptors (Lipinski definition) is 7. The van der Waals surface area contributed by atoms with E-state index in [4.69, 9.17) is 9.26 Å². The third-order valence-corrected chi connectivity index (χ3v) is 4.42. The lowest BCUT2D eigenvalue weighted by Crippen LogP contribution is -2.46. The highest BCUT2D eigenvalue weighted by Gasteiger charge is 2.22. The predicted molar refractivity (Wildman–Crippen MR) is 91.8 cm³/mol. The second-order valence-electron chi connectivity index (χ2n) is 5.82. The molecule has 3 heterocycles. The maximum atomic E-state index is 5.32. The van der Waals surface area contributed by atoms with Crippen molar-refractivity contribution in [3.63, 3.8) is 0 Å². The van der Waals surface area contributed by atoms with Gasteiger partial charge in [-0.25, -0.2) is 4.98 Å². The van der Waals surface area contributed by atoms with Gasteiger partial charge in [0.2, 0.25) is 0 Å². The molecule has 2 aromatic heterocycles. The summed E-state index contributed by atoms with van der Waals surface area (Å²) < 4.78 is 10.6. The first-order valence-electron chi connectivity index (χ1n) is 7.97. The van der Waals surface area contributed by atoms with E-state index in [0.29, 0.717) is 5.71 Å². The minimum Gasteiger partial charge on any atom is -0.497 e. The zero-order valence-electron chi connectivity index (χ0n) is 13.8. The molecule has 0 aliphatic carbocycles. The van der Waals surface area contributed by atoms with Gasteiger partial charge >= 0.3 is 0 Å². The van der Waals surface area contributed by atoms with Crippen molar-refractivity contribution >= 4 is 22.6 Å². The van der Waals surface area contributed by atoms with Crippen LogP contribution in [0.5, 0.6) is 5.75 Å². The van der Waals surface area contributed by atoms with E-state index >= 15 is 0 Å². The van der Waals surface area contributed by atoms with Crippen LogP contribution in [-0.4, -0.2) is 48.4 Å². The van der Waals surface area contributed by atoms with Gasteiger partial charge < -0.3 is 19.1 Å². The van der Waals surface area contributed by atoms with Gasteiger partial charge in [-0.2, -0.15) is 4.98 Å². The molecule has 124 valence electrons. The summed E-state index contributed by atoms with van der Waals surface area (Å²) in [6.07, 6.45) is 1.54. The number of rotatable bonds is 3. The van der Waals surface area contributed by atoms with Crippen LogP contribution in [0.25, 0.3) is 11.1 Å². The first-order chi connectivity index (χ1) is 11.8. The molecule has 1 aliphatic rings. The molecule has 24 heavy (non-hydrogen) atoms. The highest BCUT2D eigenvalue weighted by molar-refractivity contribution is 5.87. The van der Waals surface area contributed by atoms with Gasteiger partial charge in [-0.3, -0.25) is 0 Å². The summed E-state index contributed by atoms with van der Waals surface area (Å²) in [6, 6.07) is 8.18. The molecular formula is C17H19N5O2. The summed E-state index contributed by atoms with van der Waals surface area (Å²) in [6.45, 7) is 5.53. The maximum Gasteiger partial charge on any atom is 0.263 e. The fourth-order valence-corrected chi connectivity index (χ4v) is 3.13. The molecule has 0 spiro atoms. The smallest absolute Gasteiger partial charge is 0.263 e.